The Balaban J connectivity index is 2.47. The third kappa shape index (κ3) is 3.32. The van der Waals surface area contributed by atoms with Gasteiger partial charge in [-0.15, -0.1) is 0 Å². The van der Waals surface area contributed by atoms with E-state index in [0.29, 0.717) is 5.02 Å². The highest BCUT2D eigenvalue weighted by Gasteiger charge is 2.19. The number of methoxy groups -OCH3 is 1. The van der Waals surface area contributed by atoms with E-state index in [2.05, 4.69) is 33.2 Å². The zero-order valence-corrected chi connectivity index (χ0v) is 13.7. The van der Waals surface area contributed by atoms with Gasteiger partial charge in [-0.1, -0.05) is 24.6 Å². The molecule has 1 aromatic carbocycles. The van der Waals surface area contributed by atoms with Crippen molar-refractivity contribution in [3.8, 4) is 5.75 Å². The van der Waals surface area contributed by atoms with E-state index in [1.165, 1.54) is 0 Å². The van der Waals surface area contributed by atoms with Crippen LogP contribution in [0.2, 0.25) is 5.02 Å². The first-order chi connectivity index (χ1) is 9.67. The molecule has 0 spiro atoms. The first-order valence-corrected chi connectivity index (χ1v) is 7.51. The highest BCUT2D eigenvalue weighted by atomic mass is 79.9. The Kier molecular flexibility index (Phi) is 5.40. The molecule has 1 unspecified atom stereocenters. The van der Waals surface area contributed by atoms with Crippen LogP contribution in [-0.2, 0) is 0 Å². The van der Waals surface area contributed by atoms with Crippen molar-refractivity contribution >= 4 is 27.5 Å². The number of ether oxygens (including phenoxy) is 1. The van der Waals surface area contributed by atoms with Crippen LogP contribution in [0.15, 0.2) is 41.0 Å². The monoisotopic (exact) mass is 354 g/mol. The molecule has 0 bridgehead atoms. The van der Waals surface area contributed by atoms with E-state index in [1.54, 1.807) is 13.3 Å². The minimum atomic E-state index is -0.0539. The summed E-state index contributed by atoms with van der Waals surface area (Å²) in [6, 6.07) is 9.62. The van der Waals surface area contributed by atoms with Crippen LogP contribution < -0.4 is 10.1 Å². The summed E-state index contributed by atoms with van der Waals surface area (Å²) in [6.07, 6.45) is 1.77. The van der Waals surface area contributed by atoms with Crippen molar-refractivity contribution in [2.24, 2.45) is 0 Å². The molecule has 0 radical (unpaired) electrons. The van der Waals surface area contributed by atoms with Gasteiger partial charge in [0, 0.05) is 10.7 Å². The van der Waals surface area contributed by atoms with Crippen LogP contribution in [0.3, 0.4) is 0 Å². The van der Waals surface area contributed by atoms with E-state index >= 15 is 0 Å². The Bertz CT molecular complexity index is 592. The van der Waals surface area contributed by atoms with E-state index < -0.39 is 0 Å². The van der Waals surface area contributed by atoms with Crippen molar-refractivity contribution in [1.82, 2.24) is 10.3 Å². The van der Waals surface area contributed by atoms with Crippen LogP contribution >= 0.6 is 27.5 Å². The predicted molar refractivity (Wildman–Crippen MR) is 85.5 cm³/mol. The molecule has 3 nitrogen and oxygen atoms in total. The largest absolute Gasteiger partial charge is 0.495 e. The molecule has 2 rings (SSSR count). The Morgan fingerprint density at radius 1 is 1.40 bits per heavy atom. The summed E-state index contributed by atoms with van der Waals surface area (Å²) in [4.78, 5) is 4.45. The molecular weight excluding hydrogens is 340 g/mol. The fourth-order valence-electron chi connectivity index (χ4n) is 2.06. The second-order valence-corrected chi connectivity index (χ2v) is 5.52. The summed E-state index contributed by atoms with van der Waals surface area (Å²) < 4.78 is 6.28. The van der Waals surface area contributed by atoms with E-state index in [1.807, 2.05) is 30.3 Å². The predicted octanol–water partition coefficient (Wildman–Crippen LogP) is 4.21. The van der Waals surface area contributed by atoms with Gasteiger partial charge in [-0.25, -0.2) is 0 Å². The number of halogens is 2. The molecule has 106 valence electrons. The van der Waals surface area contributed by atoms with Crippen LogP contribution in [0.4, 0.5) is 0 Å². The summed E-state index contributed by atoms with van der Waals surface area (Å²) in [6.45, 7) is 2.88. The lowest BCUT2D eigenvalue weighted by Crippen LogP contribution is -2.23. The Morgan fingerprint density at radius 2 is 2.20 bits per heavy atom. The average molecular weight is 356 g/mol. The van der Waals surface area contributed by atoms with Crippen LogP contribution in [0.25, 0.3) is 0 Å². The number of rotatable bonds is 5. The number of hydrogen-bond acceptors (Lipinski definition) is 3. The first-order valence-electron chi connectivity index (χ1n) is 6.34. The molecule has 20 heavy (non-hydrogen) atoms. The molecule has 1 N–H and O–H groups in total. The number of nitrogens with zero attached hydrogens (tertiary/aromatic N) is 1. The zero-order chi connectivity index (χ0) is 14.5. The Morgan fingerprint density at radius 3 is 2.85 bits per heavy atom. The maximum Gasteiger partial charge on any atom is 0.142 e. The fourth-order valence-corrected chi connectivity index (χ4v) is 2.50. The molecule has 0 aliphatic heterocycles. The quantitative estimate of drug-likeness (QED) is 0.872. The van der Waals surface area contributed by atoms with E-state index in [-0.39, 0.29) is 6.04 Å². The smallest absolute Gasteiger partial charge is 0.142 e. The molecule has 1 heterocycles. The van der Waals surface area contributed by atoms with Crippen LogP contribution in [0.1, 0.15) is 24.2 Å². The van der Waals surface area contributed by atoms with Crippen LogP contribution in [0, 0.1) is 0 Å². The van der Waals surface area contributed by atoms with Crippen molar-refractivity contribution < 1.29 is 4.74 Å². The molecule has 1 aromatic heterocycles. The summed E-state index contributed by atoms with van der Waals surface area (Å²) in [5.41, 5.74) is 1.91. The lowest BCUT2D eigenvalue weighted by atomic mass is 10.0. The average Bonchev–Trinajstić information content (AvgIpc) is 2.48. The third-order valence-electron chi connectivity index (χ3n) is 2.98. The molecule has 0 aliphatic rings. The summed E-state index contributed by atoms with van der Waals surface area (Å²) in [5, 5.41) is 4.10. The van der Waals surface area contributed by atoms with Gasteiger partial charge in [0.2, 0.25) is 0 Å². The van der Waals surface area contributed by atoms with Crippen molar-refractivity contribution in [3.05, 3.63) is 57.3 Å². The topological polar surface area (TPSA) is 34.2 Å². The number of hydrogen-bond donors (Lipinski definition) is 1. The summed E-state index contributed by atoms with van der Waals surface area (Å²) >= 11 is 9.60. The molecule has 0 saturated heterocycles. The molecule has 1 atom stereocenters. The summed E-state index contributed by atoms with van der Waals surface area (Å²) in [7, 11) is 1.65. The minimum Gasteiger partial charge on any atom is -0.495 e. The SMILES string of the molecule is CCNC(c1ccc(Br)c(Cl)c1)c1ncccc1OC. The molecule has 0 amide bonds. The molecule has 0 saturated carbocycles. The highest BCUT2D eigenvalue weighted by molar-refractivity contribution is 9.10. The maximum absolute atomic E-state index is 6.19. The lowest BCUT2D eigenvalue weighted by Gasteiger charge is -2.20. The Labute approximate surface area is 132 Å². The second-order valence-electron chi connectivity index (χ2n) is 4.26. The molecule has 0 aliphatic carbocycles. The number of aromatic nitrogens is 1. The fraction of sp³-hybridized carbons (Fsp3) is 0.267. The lowest BCUT2D eigenvalue weighted by molar-refractivity contribution is 0.400. The number of pyridine rings is 1. The van der Waals surface area contributed by atoms with E-state index in [9.17, 15) is 0 Å². The summed E-state index contributed by atoms with van der Waals surface area (Å²) in [5.74, 6) is 0.762. The van der Waals surface area contributed by atoms with Crippen molar-refractivity contribution in [2.75, 3.05) is 13.7 Å². The van der Waals surface area contributed by atoms with Gasteiger partial charge >= 0.3 is 0 Å². The van der Waals surface area contributed by atoms with Crippen LogP contribution in [-0.4, -0.2) is 18.6 Å². The van der Waals surface area contributed by atoms with Gasteiger partial charge in [0.1, 0.15) is 11.4 Å². The normalized spacial score (nSPS) is 12.2. The van der Waals surface area contributed by atoms with Gasteiger partial charge in [-0.2, -0.15) is 0 Å². The minimum absolute atomic E-state index is 0.0539. The first kappa shape index (κ1) is 15.3. The molecule has 2 aromatic rings. The van der Waals surface area contributed by atoms with Crippen molar-refractivity contribution in [3.63, 3.8) is 0 Å². The second kappa shape index (κ2) is 7.07. The highest BCUT2D eigenvalue weighted by Crippen LogP contribution is 2.31. The van der Waals surface area contributed by atoms with Gasteiger partial charge in [0.05, 0.1) is 18.2 Å². The van der Waals surface area contributed by atoms with Crippen molar-refractivity contribution in [1.29, 1.82) is 0 Å². The van der Waals surface area contributed by atoms with Gasteiger partial charge in [-0.05, 0) is 52.3 Å². The van der Waals surface area contributed by atoms with Gasteiger partial charge < -0.3 is 10.1 Å². The van der Waals surface area contributed by atoms with Gasteiger partial charge in [0.15, 0.2) is 0 Å². The standard InChI is InChI=1S/C15H16BrClN2O/c1-3-18-14(10-6-7-11(16)12(17)9-10)15-13(20-2)5-4-8-19-15/h4-9,14,18H,3H2,1-2H3. The van der Waals surface area contributed by atoms with Gasteiger partial charge in [-0.3, -0.25) is 4.98 Å². The zero-order valence-electron chi connectivity index (χ0n) is 11.4. The molecule has 5 heteroatoms. The Hall–Kier alpha value is -1.10. The number of nitrogens with one attached hydrogen (secondary N) is 1. The van der Waals surface area contributed by atoms with E-state index in [0.717, 1.165) is 28.0 Å². The van der Waals surface area contributed by atoms with E-state index in [4.69, 9.17) is 16.3 Å². The van der Waals surface area contributed by atoms with Crippen molar-refractivity contribution in [2.45, 2.75) is 13.0 Å². The van der Waals surface area contributed by atoms with Crippen LogP contribution in [0.5, 0.6) is 5.75 Å². The van der Waals surface area contributed by atoms with Gasteiger partial charge in [0.25, 0.3) is 0 Å². The third-order valence-corrected chi connectivity index (χ3v) is 4.21. The molecule has 0 fully saturated rings. The maximum atomic E-state index is 6.19. The molecular formula is C15H16BrClN2O. The number of benzene rings is 1.